The molecule has 1 aliphatic heterocycles. The van der Waals surface area contributed by atoms with Crippen LogP contribution >= 0.6 is 23.1 Å². The molecule has 0 fully saturated rings. The Balaban J connectivity index is 1.31. The van der Waals surface area contributed by atoms with Crippen LogP contribution in [0.25, 0.3) is 6.08 Å². The predicted molar refractivity (Wildman–Crippen MR) is 121 cm³/mol. The highest BCUT2D eigenvalue weighted by Crippen LogP contribution is 2.33. The van der Waals surface area contributed by atoms with Gasteiger partial charge in [0.1, 0.15) is 12.0 Å². The van der Waals surface area contributed by atoms with Gasteiger partial charge in [-0.2, -0.15) is 0 Å². The van der Waals surface area contributed by atoms with E-state index in [0.29, 0.717) is 44.5 Å². The molecule has 0 aliphatic carbocycles. The van der Waals surface area contributed by atoms with Crippen molar-refractivity contribution in [3.8, 4) is 17.2 Å². The second-order valence-electron chi connectivity index (χ2n) is 6.51. The third-order valence-electron chi connectivity index (χ3n) is 4.18. The van der Waals surface area contributed by atoms with Crippen molar-refractivity contribution < 1.29 is 28.2 Å². The molecule has 0 bridgehead atoms. The highest BCUT2D eigenvalue weighted by atomic mass is 32.2. The van der Waals surface area contributed by atoms with Gasteiger partial charge < -0.3 is 23.9 Å². The summed E-state index contributed by atoms with van der Waals surface area (Å²) in [5, 5.41) is 10.9. The number of rotatable bonds is 8. The zero-order valence-corrected chi connectivity index (χ0v) is 18.9. The third-order valence-corrected chi connectivity index (χ3v) is 6.18. The minimum atomic E-state index is -0.724. The highest BCUT2D eigenvalue weighted by molar-refractivity contribution is 8.00. The maximum atomic E-state index is 12.3. The van der Waals surface area contributed by atoms with Crippen LogP contribution in [0.3, 0.4) is 0 Å². The van der Waals surface area contributed by atoms with E-state index in [1.807, 2.05) is 0 Å². The van der Waals surface area contributed by atoms with E-state index < -0.39 is 11.4 Å². The SMILES string of the molecule is CCC(=O)Nc1nnc(SCc2cc(=O)c(OC(=O)/C=C/c3ccc4c(c3)OCO4)co2)s1. The molecule has 1 aromatic carbocycles. The average molecular weight is 488 g/mol. The molecule has 1 aliphatic rings. The molecule has 10 nitrogen and oxygen atoms in total. The van der Waals surface area contributed by atoms with E-state index in [1.54, 1.807) is 25.1 Å². The first-order chi connectivity index (χ1) is 16.0. The number of nitrogens with zero attached hydrogens (tertiary/aromatic N) is 2. The van der Waals surface area contributed by atoms with Crippen molar-refractivity contribution in [2.75, 3.05) is 12.1 Å². The van der Waals surface area contributed by atoms with Gasteiger partial charge in [-0.25, -0.2) is 4.79 Å². The summed E-state index contributed by atoms with van der Waals surface area (Å²) < 4.78 is 21.6. The quantitative estimate of drug-likeness (QED) is 0.218. The van der Waals surface area contributed by atoms with Crippen molar-refractivity contribution >= 4 is 46.2 Å². The first kappa shape index (κ1) is 22.6. The molecular formula is C21H17N3O7S2. The first-order valence-corrected chi connectivity index (χ1v) is 11.5. The zero-order valence-electron chi connectivity index (χ0n) is 17.2. The van der Waals surface area contributed by atoms with E-state index in [0.717, 1.165) is 6.26 Å². The Morgan fingerprint density at radius 3 is 2.91 bits per heavy atom. The Morgan fingerprint density at radius 1 is 1.24 bits per heavy atom. The number of fused-ring (bicyclic) bond motifs is 1. The number of aromatic nitrogens is 2. The number of carbonyl (C=O) groups is 2. The van der Waals surface area contributed by atoms with Crippen LogP contribution in [-0.2, 0) is 15.3 Å². The van der Waals surface area contributed by atoms with Crippen LogP contribution in [0.1, 0.15) is 24.7 Å². The number of hydrogen-bond donors (Lipinski definition) is 1. The van der Waals surface area contributed by atoms with Crippen molar-refractivity contribution in [1.29, 1.82) is 0 Å². The van der Waals surface area contributed by atoms with Gasteiger partial charge in [-0.1, -0.05) is 36.1 Å². The zero-order chi connectivity index (χ0) is 23.2. The van der Waals surface area contributed by atoms with E-state index in [4.69, 9.17) is 18.6 Å². The second kappa shape index (κ2) is 10.3. The van der Waals surface area contributed by atoms with E-state index in [2.05, 4.69) is 15.5 Å². The van der Waals surface area contributed by atoms with Gasteiger partial charge in [0.25, 0.3) is 0 Å². The Morgan fingerprint density at radius 2 is 2.09 bits per heavy atom. The number of esters is 1. The number of amides is 1. The van der Waals surface area contributed by atoms with Gasteiger partial charge in [0.15, 0.2) is 15.8 Å². The van der Waals surface area contributed by atoms with Gasteiger partial charge in [-0.15, -0.1) is 10.2 Å². The summed E-state index contributed by atoms with van der Waals surface area (Å²) in [4.78, 5) is 35.7. The molecule has 12 heteroatoms. The Labute approximate surface area is 195 Å². The lowest BCUT2D eigenvalue weighted by molar-refractivity contribution is -0.129. The maximum Gasteiger partial charge on any atom is 0.336 e. The summed E-state index contributed by atoms with van der Waals surface area (Å²) in [6.07, 6.45) is 4.18. The maximum absolute atomic E-state index is 12.3. The lowest BCUT2D eigenvalue weighted by Gasteiger charge is -2.02. The van der Waals surface area contributed by atoms with Gasteiger partial charge in [-0.05, 0) is 23.8 Å². The Kier molecular flexibility index (Phi) is 7.05. The third kappa shape index (κ3) is 5.99. The van der Waals surface area contributed by atoms with Gasteiger partial charge in [0, 0.05) is 18.6 Å². The summed E-state index contributed by atoms with van der Waals surface area (Å²) in [6, 6.07) is 6.48. The van der Waals surface area contributed by atoms with Crippen molar-refractivity contribution in [2.45, 2.75) is 23.4 Å². The first-order valence-electron chi connectivity index (χ1n) is 9.67. The molecule has 0 radical (unpaired) electrons. The number of hydrogen-bond acceptors (Lipinski definition) is 11. The molecule has 3 heterocycles. The van der Waals surface area contributed by atoms with Gasteiger partial charge in [0.05, 0.1) is 5.75 Å². The van der Waals surface area contributed by atoms with E-state index in [9.17, 15) is 14.4 Å². The summed E-state index contributed by atoms with van der Waals surface area (Å²) in [5.74, 6) is 0.821. The monoisotopic (exact) mass is 487 g/mol. The molecule has 2 aromatic heterocycles. The molecular weight excluding hydrogens is 470 g/mol. The minimum Gasteiger partial charge on any atom is -0.464 e. The van der Waals surface area contributed by atoms with Crippen LogP contribution in [0.5, 0.6) is 17.2 Å². The van der Waals surface area contributed by atoms with E-state index in [1.165, 1.54) is 41.3 Å². The average Bonchev–Trinajstić information content (AvgIpc) is 3.46. The van der Waals surface area contributed by atoms with Crippen LogP contribution in [0.2, 0.25) is 0 Å². The number of nitrogens with one attached hydrogen (secondary N) is 1. The molecule has 3 aromatic rings. The van der Waals surface area contributed by atoms with Crippen molar-refractivity contribution in [2.24, 2.45) is 0 Å². The molecule has 0 atom stereocenters. The molecule has 1 amide bonds. The van der Waals surface area contributed by atoms with Gasteiger partial charge in [-0.3, -0.25) is 9.59 Å². The summed E-state index contributed by atoms with van der Waals surface area (Å²) in [5.41, 5.74) is 0.222. The van der Waals surface area contributed by atoms with Crippen molar-refractivity contribution in [3.05, 3.63) is 58.2 Å². The fourth-order valence-corrected chi connectivity index (χ4v) is 4.23. The van der Waals surface area contributed by atoms with Crippen molar-refractivity contribution in [3.63, 3.8) is 0 Å². The number of ether oxygens (including phenoxy) is 3. The molecule has 0 spiro atoms. The lowest BCUT2D eigenvalue weighted by Crippen LogP contribution is -2.12. The Hall–Kier alpha value is -3.64. The lowest BCUT2D eigenvalue weighted by atomic mass is 10.2. The van der Waals surface area contributed by atoms with Crippen LogP contribution in [0.4, 0.5) is 5.13 Å². The van der Waals surface area contributed by atoms with E-state index >= 15 is 0 Å². The van der Waals surface area contributed by atoms with Crippen LogP contribution in [0, 0.1) is 0 Å². The Bertz CT molecular complexity index is 1270. The molecule has 1 N–H and O–H groups in total. The topological polar surface area (TPSA) is 130 Å². The molecule has 0 saturated heterocycles. The summed E-state index contributed by atoms with van der Waals surface area (Å²) in [6.45, 7) is 1.90. The van der Waals surface area contributed by atoms with Crippen molar-refractivity contribution in [1.82, 2.24) is 10.2 Å². The summed E-state index contributed by atoms with van der Waals surface area (Å²) >= 11 is 2.51. The molecule has 0 unspecified atom stereocenters. The number of thioether (sulfide) groups is 1. The fraction of sp³-hybridized carbons (Fsp3) is 0.190. The van der Waals surface area contributed by atoms with Crippen LogP contribution in [-0.4, -0.2) is 28.9 Å². The molecule has 4 rings (SSSR count). The number of anilines is 1. The normalized spacial score (nSPS) is 12.2. The second-order valence-corrected chi connectivity index (χ2v) is 8.71. The van der Waals surface area contributed by atoms with Crippen LogP contribution < -0.4 is 25.0 Å². The smallest absolute Gasteiger partial charge is 0.336 e. The van der Waals surface area contributed by atoms with Crippen LogP contribution in [0.15, 0.2) is 50.2 Å². The van der Waals surface area contributed by atoms with Gasteiger partial charge >= 0.3 is 5.97 Å². The van der Waals surface area contributed by atoms with E-state index in [-0.39, 0.29) is 18.4 Å². The van der Waals surface area contributed by atoms with Gasteiger partial charge in [0.2, 0.25) is 29.0 Å². The standard InChI is InChI=1S/C21H17N3O7S2/c1-2-18(26)22-20-23-24-21(33-20)32-10-13-8-14(25)17(9-28-13)31-19(27)6-4-12-3-5-15-16(7-12)30-11-29-15/h3-9H,2,10-11H2,1H3,(H,22,23,26)/b6-4+. The highest BCUT2D eigenvalue weighted by Gasteiger charge is 2.13. The summed E-state index contributed by atoms with van der Waals surface area (Å²) in [7, 11) is 0. The molecule has 0 saturated carbocycles. The largest absolute Gasteiger partial charge is 0.464 e. The predicted octanol–water partition coefficient (Wildman–Crippen LogP) is 3.48. The molecule has 33 heavy (non-hydrogen) atoms. The minimum absolute atomic E-state index is 0.149. The number of benzene rings is 1. The fourth-order valence-electron chi connectivity index (χ4n) is 2.57. The molecule has 170 valence electrons. The number of carbonyl (C=O) groups excluding carboxylic acids is 2.